The SMILES string of the molecule is CO[C@H]1OCCC2=C1C(=O)c1ccccc1C2=O. The number of Topliss-reactive ketones (excluding diaryl/α,β-unsaturated/α-hetero) is 2. The van der Waals surface area contributed by atoms with Gasteiger partial charge < -0.3 is 9.47 Å². The van der Waals surface area contributed by atoms with E-state index in [0.29, 0.717) is 35.3 Å². The second kappa shape index (κ2) is 4.15. The number of rotatable bonds is 1. The summed E-state index contributed by atoms with van der Waals surface area (Å²) < 4.78 is 10.5. The van der Waals surface area contributed by atoms with Crippen LogP contribution in [0.25, 0.3) is 0 Å². The highest BCUT2D eigenvalue weighted by atomic mass is 16.7. The van der Waals surface area contributed by atoms with Crippen LogP contribution >= 0.6 is 0 Å². The van der Waals surface area contributed by atoms with E-state index in [1.807, 2.05) is 0 Å². The number of ether oxygens (including phenoxy) is 2. The van der Waals surface area contributed by atoms with E-state index >= 15 is 0 Å². The summed E-state index contributed by atoms with van der Waals surface area (Å²) in [4.78, 5) is 24.7. The van der Waals surface area contributed by atoms with Gasteiger partial charge in [0.25, 0.3) is 0 Å². The van der Waals surface area contributed by atoms with Gasteiger partial charge in [-0.25, -0.2) is 0 Å². The average molecular weight is 244 g/mol. The molecule has 0 aromatic heterocycles. The van der Waals surface area contributed by atoms with Crippen LogP contribution in [0.2, 0.25) is 0 Å². The molecular weight excluding hydrogens is 232 g/mol. The predicted molar refractivity (Wildman–Crippen MR) is 63.5 cm³/mol. The highest BCUT2D eigenvalue weighted by Gasteiger charge is 2.38. The third kappa shape index (κ3) is 1.46. The summed E-state index contributed by atoms with van der Waals surface area (Å²) in [5.74, 6) is -0.239. The Kier molecular flexibility index (Phi) is 2.61. The van der Waals surface area contributed by atoms with Crippen molar-refractivity contribution in [2.75, 3.05) is 13.7 Å². The van der Waals surface area contributed by atoms with E-state index in [2.05, 4.69) is 0 Å². The predicted octanol–water partition coefficient (Wildman–Crippen LogP) is 1.75. The van der Waals surface area contributed by atoms with E-state index in [-0.39, 0.29) is 11.6 Å². The zero-order chi connectivity index (χ0) is 12.7. The molecule has 92 valence electrons. The molecule has 0 radical (unpaired) electrons. The molecule has 0 spiro atoms. The van der Waals surface area contributed by atoms with Gasteiger partial charge >= 0.3 is 0 Å². The van der Waals surface area contributed by atoms with Crippen molar-refractivity contribution < 1.29 is 19.1 Å². The summed E-state index contributed by atoms with van der Waals surface area (Å²) >= 11 is 0. The lowest BCUT2D eigenvalue weighted by Crippen LogP contribution is -2.35. The molecule has 18 heavy (non-hydrogen) atoms. The van der Waals surface area contributed by atoms with Gasteiger partial charge in [-0.2, -0.15) is 0 Å². The molecule has 1 aromatic carbocycles. The summed E-state index contributed by atoms with van der Waals surface area (Å²) in [5.41, 5.74) is 1.83. The van der Waals surface area contributed by atoms with Crippen molar-refractivity contribution in [3.63, 3.8) is 0 Å². The fourth-order valence-corrected chi connectivity index (χ4v) is 2.48. The maximum Gasteiger partial charge on any atom is 0.195 e. The molecule has 1 atom stereocenters. The Bertz CT molecular complexity index is 571. The summed E-state index contributed by atoms with van der Waals surface area (Å²) in [6.45, 7) is 0.401. The Labute approximate surface area is 104 Å². The van der Waals surface area contributed by atoms with Crippen LogP contribution in [0.15, 0.2) is 35.4 Å². The van der Waals surface area contributed by atoms with Gasteiger partial charge in [0.05, 0.1) is 12.2 Å². The summed E-state index contributed by atoms with van der Waals surface area (Å²) in [5, 5.41) is 0. The van der Waals surface area contributed by atoms with Crippen LogP contribution in [0.1, 0.15) is 27.1 Å². The molecule has 1 aliphatic carbocycles. The summed E-state index contributed by atoms with van der Waals surface area (Å²) in [7, 11) is 1.47. The number of fused-ring (bicyclic) bond motifs is 1. The molecule has 0 bridgehead atoms. The highest BCUT2D eigenvalue weighted by molar-refractivity contribution is 6.27. The minimum absolute atomic E-state index is 0.0782. The number of carbonyl (C=O) groups excluding carboxylic acids is 2. The first-order chi connectivity index (χ1) is 8.74. The fraction of sp³-hybridized carbons (Fsp3) is 0.286. The minimum atomic E-state index is -0.724. The van der Waals surface area contributed by atoms with Gasteiger partial charge in [-0.15, -0.1) is 0 Å². The summed E-state index contributed by atoms with van der Waals surface area (Å²) in [6.07, 6.45) is -0.257. The van der Waals surface area contributed by atoms with Gasteiger partial charge in [-0.05, 0) is 0 Å². The molecule has 1 heterocycles. The first kappa shape index (κ1) is 11.3. The van der Waals surface area contributed by atoms with Crippen LogP contribution in [-0.4, -0.2) is 31.6 Å². The molecule has 0 saturated carbocycles. The molecule has 4 heteroatoms. The van der Waals surface area contributed by atoms with Crippen molar-refractivity contribution in [1.29, 1.82) is 0 Å². The third-order valence-electron chi connectivity index (χ3n) is 3.33. The van der Waals surface area contributed by atoms with E-state index in [1.165, 1.54) is 7.11 Å². The molecule has 0 unspecified atom stereocenters. The van der Waals surface area contributed by atoms with Crippen LogP contribution in [0.4, 0.5) is 0 Å². The topological polar surface area (TPSA) is 52.6 Å². The normalized spacial score (nSPS) is 22.8. The third-order valence-corrected chi connectivity index (χ3v) is 3.33. The molecule has 1 aromatic rings. The number of hydrogen-bond acceptors (Lipinski definition) is 4. The average Bonchev–Trinajstić information content (AvgIpc) is 2.44. The second-order valence-corrected chi connectivity index (χ2v) is 4.28. The van der Waals surface area contributed by atoms with E-state index in [4.69, 9.17) is 9.47 Å². The first-order valence-corrected chi connectivity index (χ1v) is 5.80. The first-order valence-electron chi connectivity index (χ1n) is 5.80. The number of carbonyl (C=O) groups is 2. The maximum absolute atomic E-state index is 12.4. The maximum atomic E-state index is 12.4. The van der Waals surface area contributed by atoms with E-state index < -0.39 is 6.29 Å². The lowest BCUT2D eigenvalue weighted by molar-refractivity contribution is -0.102. The Balaban J connectivity index is 2.20. The lowest BCUT2D eigenvalue weighted by Gasteiger charge is -2.29. The van der Waals surface area contributed by atoms with Gasteiger partial charge in [0.15, 0.2) is 17.9 Å². The van der Waals surface area contributed by atoms with Crippen LogP contribution < -0.4 is 0 Å². The van der Waals surface area contributed by atoms with Gasteiger partial charge in [-0.3, -0.25) is 9.59 Å². The Hall–Kier alpha value is -1.78. The van der Waals surface area contributed by atoms with Crippen molar-refractivity contribution in [3.8, 4) is 0 Å². The number of benzene rings is 1. The smallest absolute Gasteiger partial charge is 0.195 e. The lowest BCUT2D eigenvalue weighted by atomic mass is 9.81. The van der Waals surface area contributed by atoms with Gasteiger partial charge in [-0.1, -0.05) is 24.3 Å². The molecule has 0 N–H and O–H groups in total. The molecule has 0 fully saturated rings. The van der Waals surface area contributed by atoms with Crippen molar-refractivity contribution in [3.05, 3.63) is 46.5 Å². The Morgan fingerprint density at radius 1 is 1.17 bits per heavy atom. The van der Waals surface area contributed by atoms with Crippen LogP contribution in [0.3, 0.4) is 0 Å². The van der Waals surface area contributed by atoms with Gasteiger partial charge in [0.2, 0.25) is 0 Å². The monoisotopic (exact) mass is 244 g/mol. The van der Waals surface area contributed by atoms with E-state index in [0.717, 1.165) is 0 Å². The van der Waals surface area contributed by atoms with Crippen LogP contribution in [0, 0.1) is 0 Å². The molecule has 4 nitrogen and oxygen atoms in total. The fourth-order valence-electron chi connectivity index (χ4n) is 2.48. The van der Waals surface area contributed by atoms with Crippen molar-refractivity contribution in [1.82, 2.24) is 0 Å². The second-order valence-electron chi connectivity index (χ2n) is 4.28. The Morgan fingerprint density at radius 2 is 1.83 bits per heavy atom. The molecular formula is C14H12O4. The molecule has 1 aliphatic heterocycles. The van der Waals surface area contributed by atoms with Gasteiger partial charge in [0, 0.05) is 30.2 Å². The largest absolute Gasteiger partial charge is 0.352 e. The molecule has 2 aliphatic rings. The zero-order valence-electron chi connectivity index (χ0n) is 9.93. The van der Waals surface area contributed by atoms with Gasteiger partial charge in [0.1, 0.15) is 0 Å². The number of methoxy groups -OCH3 is 1. The van der Waals surface area contributed by atoms with Crippen LogP contribution in [-0.2, 0) is 9.47 Å². The van der Waals surface area contributed by atoms with Crippen molar-refractivity contribution in [2.24, 2.45) is 0 Å². The number of ketones is 2. The number of hydrogen-bond donors (Lipinski definition) is 0. The Morgan fingerprint density at radius 3 is 2.50 bits per heavy atom. The molecule has 0 saturated heterocycles. The molecule has 3 rings (SSSR count). The highest BCUT2D eigenvalue weighted by Crippen LogP contribution is 2.33. The minimum Gasteiger partial charge on any atom is -0.352 e. The van der Waals surface area contributed by atoms with Crippen molar-refractivity contribution in [2.45, 2.75) is 12.7 Å². The van der Waals surface area contributed by atoms with E-state index in [1.54, 1.807) is 24.3 Å². The van der Waals surface area contributed by atoms with E-state index in [9.17, 15) is 9.59 Å². The van der Waals surface area contributed by atoms with Crippen LogP contribution in [0.5, 0.6) is 0 Å². The standard InChI is InChI=1S/C14H12O4/c1-17-14-11-10(6-7-18-14)12(15)8-4-2-3-5-9(8)13(11)16/h2-5,14H,6-7H2,1H3/t14-/m0/s1. The zero-order valence-corrected chi connectivity index (χ0v) is 9.93. The quantitative estimate of drug-likeness (QED) is 0.755. The molecule has 0 amide bonds. The van der Waals surface area contributed by atoms with Crippen molar-refractivity contribution >= 4 is 11.6 Å². The summed E-state index contributed by atoms with van der Waals surface area (Å²) in [6, 6.07) is 6.88.